The van der Waals surface area contributed by atoms with Crippen molar-refractivity contribution >= 4 is 10.0 Å². The molecule has 1 aliphatic heterocycles. The van der Waals surface area contributed by atoms with E-state index in [0.29, 0.717) is 12.6 Å². The molecule has 4 nitrogen and oxygen atoms in total. The second-order valence-electron chi connectivity index (χ2n) is 4.79. The molecular formula is C13H19FN2O2S. The average molecular weight is 286 g/mol. The molecule has 0 radical (unpaired) electrons. The predicted molar refractivity (Wildman–Crippen MR) is 71.8 cm³/mol. The van der Waals surface area contributed by atoms with Crippen molar-refractivity contribution in [1.29, 1.82) is 0 Å². The van der Waals surface area contributed by atoms with Crippen LogP contribution in [0.15, 0.2) is 29.2 Å². The number of hydrogen-bond acceptors (Lipinski definition) is 3. The van der Waals surface area contributed by atoms with Gasteiger partial charge in [0.05, 0.1) is 4.90 Å². The molecular weight excluding hydrogens is 267 g/mol. The van der Waals surface area contributed by atoms with Gasteiger partial charge < -0.3 is 5.32 Å². The van der Waals surface area contributed by atoms with Crippen molar-refractivity contribution in [3.63, 3.8) is 0 Å². The summed E-state index contributed by atoms with van der Waals surface area (Å²) in [6.07, 6.45) is 4.26. The van der Waals surface area contributed by atoms with Crippen molar-refractivity contribution < 1.29 is 12.8 Å². The Kier molecular flexibility index (Phi) is 4.90. The van der Waals surface area contributed by atoms with Crippen LogP contribution in [0.5, 0.6) is 0 Å². The third-order valence-electron chi connectivity index (χ3n) is 3.32. The van der Waals surface area contributed by atoms with Crippen molar-refractivity contribution in [3.05, 3.63) is 30.1 Å². The molecule has 6 heteroatoms. The Bertz CT molecular complexity index is 496. The van der Waals surface area contributed by atoms with Crippen molar-refractivity contribution in [3.8, 4) is 0 Å². The lowest BCUT2D eigenvalue weighted by Gasteiger charge is -2.23. The summed E-state index contributed by atoms with van der Waals surface area (Å²) >= 11 is 0. The minimum Gasteiger partial charge on any atom is -0.314 e. The van der Waals surface area contributed by atoms with Gasteiger partial charge in [-0.05, 0) is 50.1 Å². The van der Waals surface area contributed by atoms with E-state index in [-0.39, 0.29) is 4.90 Å². The van der Waals surface area contributed by atoms with Gasteiger partial charge >= 0.3 is 0 Å². The molecule has 0 saturated carbocycles. The van der Waals surface area contributed by atoms with E-state index in [1.807, 2.05) is 0 Å². The van der Waals surface area contributed by atoms with Crippen LogP contribution in [-0.4, -0.2) is 27.5 Å². The highest BCUT2D eigenvalue weighted by Crippen LogP contribution is 2.11. The SMILES string of the molecule is O=S(=O)(NCCC1CCCCN1)c1ccc(F)cc1. The number of rotatable bonds is 5. The topological polar surface area (TPSA) is 58.2 Å². The first-order valence-electron chi connectivity index (χ1n) is 6.56. The fourth-order valence-corrected chi connectivity index (χ4v) is 3.28. The Morgan fingerprint density at radius 2 is 2.00 bits per heavy atom. The van der Waals surface area contributed by atoms with Gasteiger partial charge in [-0.25, -0.2) is 17.5 Å². The second kappa shape index (κ2) is 6.45. The van der Waals surface area contributed by atoms with Crippen LogP contribution in [0.1, 0.15) is 25.7 Å². The highest BCUT2D eigenvalue weighted by Gasteiger charge is 2.16. The van der Waals surface area contributed by atoms with Gasteiger partial charge in [-0.15, -0.1) is 0 Å². The summed E-state index contributed by atoms with van der Waals surface area (Å²) in [7, 11) is -3.52. The molecule has 106 valence electrons. The first-order chi connectivity index (χ1) is 9.08. The lowest BCUT2D eigenvalue weighted by atomic mass is 10.0. The molecule has 2 N–H and O–H groups in total. The maximum Gasteiger partial charge on any atom is 0.240 e. The molecule has 1 atom stereocenters. The lowest BCUT2D eigenvalue weighted by Crippen LogP contribution is -2.37. The van der Waals surface area contributed by atoms with Crippen LogP contribution in [0.4, 0.5) is 4.39 Å². The van der Waals surface area contributed by atoms with Crippen LogP contribution in [-0.2, 0) is 10.0 Å². The second-order valence-corrected chi connectivity index (χ2v) is 6.55. The molecule has 1 heterocycles. The normalized spacial score (nSPS) is 20.4. The van der Waals surface area contributed by atoms with Crippen molar-refractivity contribution in [1.82, 2.24) is 10.0 Å². The van der Waals surface area contributed by atoms with Gasteiger partial charge in [-0.3, -0.25) is 0 Å². The fraction of sp³-hybridized carbons (Fsp3) is 0.538. The predicted octanol–water partition coefficient (Wildman–Crippen LogP) is 1.64. The third kappa shape index (κ3) is 4.26. The number of hydrogen-bond donors (Lipinski definition) is 2. The molecule has 1 aromatic rings. The molecule has 0 amide bonds. The smallest absolute Gasteiger partial charge is 0.240 e. The molecule has 1 saturated heterocycles. The number of sulfonamides is 1. The summed E-state index contributed by atoms with van der Waals surface area (Å²) in [5, 5.41) is 3.37. The van der Waals surface area contributed by atoms with Crippen molar-refractivity contribution in [2.45, 2.75) is 36.6 Å². The molecule has 19 heavy (non-hydrogen) atoms. The standard InChI is InChI=1S/C13H19FN2O2S/c14-11-4-6-13(7-5-11)19(17,18)16-10-8-12-3-1-2-9-15-12/h4-7,12,15-16H,1-3,8-10H2. The van der Waals surface area contributed by atoms with E-state index in [0.717, 1.165) is 31.5 Å². The van der Waals surface area contributed by atoms with Gasteiger partial charge in [0.1, 0.15) is 5.82 Å². The largest absolute Gasteiger partial charge is 0.314 e. The third-order valence-corrected chi connectivity index (χ3v) is 4.80. The molecule has 1 aromatic carbocycles. The summed E-state index contributed by atoms with van der Waals surface area (Å²) in [5.41, 5.74) is 0. The van der Waals surface area contributed by atoms with Gasteiger partial charge in [0.2, 0.25) is 10.0 Å². The Labute approximate surface area is 113 Å². The summed E-state index contributed by atoms with van der Waals surface area (Å²) in [4.78, 5) is 0.102. The van der Waals surface area contributed by atoms with E-state index in [1.54, 1.807) is 0 Å². The fourth-order valence-electron chi connectivity index (χ4n) is 2.23. The number of halogens is 1. The van der Waals surface area contributed by atoms with Crippen molar-refractivity contribution in [2.24, 2.45) is 0 Å². The van der Waals surface area contributed by atoms with E-state index in [9.17, 15) is 12.8 Å². The van der Waals surface area contributed by atoms with Crippen LogP contribution >= 0.6 is 0 Å². The Hall–Kier alpha value is -0.980. The highest BCUT2D eigenvalue weighted by atomic mass is 32.2. The lowest BCUT2D eigenvalue weighted by molar-refractivity contribution is 0.382. The minimum absolute atomic E-state index is 0.102. The van der Waals surface area contributed by atoms with Crippen LogP contribution in [0, 0.1) is 5.82 Å². The van der Waals surface area contributed by atoms with Crippen LogP contribution in [0.3, 0.4) is 0 Å². The molecule has 0 aromatic heterocycles. The van der Waals surface area contributed by atoms with Gasteiger partial charge in [0.15, 0.2) is 0 Å². The van der Waals surface area contributed by atoms with Gasteiger partial charge in [-0.1, -0.05) is 6.42 Å². The van der Waals surface area contributed by atoms with E-state index >= 15 is 0 Å². The Morgan fingerprint density at radius 1 is 1.26 bits per heavy atom. The van der Waals surface area contributed by atoms with E-state index < -0.39 is 15.8 Å². The van der Waals surface area contributed by atoms with Crippen LogP contribution in [0.25, 0.3) is 0 Å². The van der Waals surface area contributed by atoms with E-state index in [4.69, 9.17) is 0 Å². The molecule has 1 unspecified atom stereocenters. The number of nitrogens with one attached hydrogen (secondary N) is 2. The van der Waals surface area contributed by atoms with Crippen LogP contribution < -0.4 is 10.0 Å². The highest BCUT2D eigenvalue weighted by molar-refractivity contribution is 7.89. The summed E-state index contributed by atoms with van der Waals surface area (Å²) in [6.45, 7) is 1.41. The average Bonchev–Trinajstić information content (AvgIpc) is 2.40. The number of benzene rings is 1. The maximum atomic E-state index is 12.7. The van der Waals surface area contributed by atoms with Crippen molar-refractivity contribution in [2.75, 3.05) is 13.1 Å². The monoisotopic (exact) mass is 286 g/mol. The Balaban J connectivity index is 1.85. The molecule has 1 aliphatic rings. The zero-order valence-electron chi connectivity index (χ0n) is 10.7. The summed E-state index contributed by atoms with van der Waals surface area (Å²) < 4.78 is 39.2. The molecule has 0 aliphatic carbocycles. The molecule has 2 rings (SSSR count). The van der Waals surface area contributed by atoms with Gasteiger partial charge in [0.25, 0.3) is 0 Å². The Morgan fingerprint density at radius 3 is 2.63 bits per heavy atom. The quantitative estimate of drug-likeness (QED) is 0.865. The number of piperidine rings is 1. The first kappa shape index (κ1) is 14.4. The zero-order chi connectivity index (χ0) is 13.7. The van der Waals surface area contributed by atoms with Gasteiger partial charge in [-0.2, -0.15) is 0 Å². The first-order valence-corrected chi connectivity index (χ1v) is 8.05. The zero-order valence-corrected chi connectivity index (χ0v) is 11.5. The summed E-state index contributed by atoms with van der Waals surface area (Å²) in [6, 6.07) is 5.24. The molecule has 1 fully saturated rings. The molecule has 0 bridgehead atoms. The summed E-state index contributed by atoms with van der Waals surface area (Å²) in [5.74, 6) is -0.439. The minimum atomic E-state index is -3.52. The van der Waals surface area contributed by atoms with E-state index in [2.05, 4.69) is 10.0 Å². The van der Waals surface area contributed by atoms with Crippen LogP contribution in [0.2, 0.25) is 0 Å². The van der Waals surface area contributed by atoms with Gasteiger partial charge in [0, 0.05) is 12.6 Å². The maximum absolute atomic E-state index is 12.7. The van der Waals surface area contributed by atoms with E-state index in [1.165, 1.54) is 25.0 Å². The molecule has 0 spiro atoms.